The summed E-state index contributed by atoms with van der Waals surface area (Å²) in [6.07, 6.45) is 4.05. The van der Waals surface area contributed by atoms with Crippen LogP contribution in [-0.4, -0.2) is 59.1 Å². The van der Waals surface area contributed by atoms with E-state index in [2.05, 4.69) is 35.1 Å². The molecule has 1 fully saturated rings. The zero-order valence-corrected chi connectivity index (χ0v) is 16.7. The second-order valence-electron chi connectivity index (χ2n) is 7.36. The van der Waals surface area contributed by atoms with Gasteiger partial charge in [0.25, 0.3) is 0 Å². The van der Waals surface area contributed by atoms with E-state index in [4.69, 9.17) is 14.5 Å². The molecule has 3 aromatic rings. The van der Waals surface area contributed by atoms with Gasteiger partial charge >= 0.3 is 0 Å². The maximum Gasteiger partial charge on any atom is 0.119 e. The monoisotopic (exact) mass is 380 g/mol. The summed E-state index contributed by atoms with van der Waals surface area (Å²) >= 11 is 0. The Labute approximate surface area is 166 Å². The number of pyridine rings is 1. The topological polar surface area (TPSA) is 52.4 Å². The van der Waals surface area contributed by atoms with Crippen molar-refractivity contribution in [2.75, 3.05) is 39.5 Å². The SMILES string of the molecule is Cc1cc(-c2ccc(OCCCCN3CCOCC3)cc2)nc2cnn(C)c12. The summed E-state index contributed by atoms with van der Waals surface area (Å²) in [5, 5.41) is 4.31. The first-order valence-corrected chi connectivity index (χ1v) is 10.0. The van der Waals surface area contributed by atoms with Gasteiger partial charge in [-0.15, -0.1) is 0 Å². The van der Waals surface area contributed by atoms with Gasteiger partial charge in [-0.3, -0.25) is 9.58 Å². The van der Waals surface area contributed by atoms with Crippen molar-refractivity contribution in [1.29, 1.82) is 0 Å². The van der Waals surface area contributed by atoms with E-state index in [9.17, 15) is 0 Å². The third-order valence-electron chi connectivity index (χ3n) is 5.28. The number of nitrogens with zero attached hydrogens (tertiary/aromatic N) is 4. The Bertz CT molecular complexity index is 914. The number of rotatable bonds is 7. The highest BCUT2D eigenvalue weighted by molar-refractivity contribution is 5.81. The van der Waals surface area contributed by atoms with Crippen LogP contribution in [-0.2, 0) is 11.8 Å². The first kappa shape index (κ1) is 18.9. The van der Waals surface area contributed by atoms with E-state index in [1.807, 2.05) is 30.1 Å². The maximum atomic E-state index is 5.91. The van der Waals surface area contributed by atoms with Gasteiger partial charge in [0, 0.05) is 25.7 Å². The third-order valence-corrected chi connectivity index (χ3v) is 5.28. The fourth-order valence-corrected chi connectivity index (χ4v) is 3.72. The summed E-state index contributed by atoms with van der Waals surface area (Å²) in [6.45, 7) is 7.83. The van der Waals surface area contributed by atoms with Gasteiger partial charge in [0.2, 0.25) is 0 Å². The van der Waals surface area contributed by atoms with Gasteiger partial charge in [-0.1, -0.05) is 0 Å². The minimum atomic E-state index is 0.753. The lowest BCUT2D eigenvalue weighted by Crippen LogP contribution is -2.36. The highest BCUT2D eigenvalue weighted by atomic mass is 16.5. The molecule has 0 amide bonds. The molecule has 6 nitrogen and oxygen atoms in total. The van der Waals surface area contributed by atoms with Crippen LogP contribution in [0.3, 0.4) is 0 Å². The van der Waals surface area contributed by atoms with Crippen LogP contribution in [0.1, 0.15) is 18.4 Å². The molecule has 1 aliphatic heterocycles. The predicted molar refractivity (Wildman–Crippen MR) is 111 cm³/mol. The van der Waals surface area contributed by atoms with Crippen molar-refractivity contribution in [2.45, 2.75) is 19.8 Å². The molecule has 28 heavy (non-hydrogen) atoms. The van der Waals surface area contributed by atoms with Crippen molar-refractivity contribution in [3.63, 3.8) is 0 Å². The number of morpholine rings is 1. The molecular formula is C22H28N4O2. The van der Waals surface area contributed by atoms with Crippen molar-refractivity contribution in [3.05, 3.63) is 42.1 Å². The molecule has 0 N–H and O–H groups in total. The molecule has 0 saturated carbocycles. The largest absolute Gasteiger partial charge is 0.494 e. The third kappa shape index (κ3) is 4.34. The van der Waals surface area contributed by atoms with Gasteiger partial charge in [0.05, 0.1) is 37.2 Å². The van der Waals surface area contributed by atoms with Crippen LogP contribution in [0.25, 0.3) is 22.3 Å². The number of hydrogen-bond acceptors (Lipinski definition) is 5. The lowest BCUT2D eigenvalue weighted by molar-refractivity contribution is 0.0368. The summed E-state index contributed by atoms with van der Waals surface area (Å²) in [5.74, 6) is 0.911. The molecule has 0 bridgehead atoms. The van der Waals surface area contributed by atoms with E-state index < -0.39 is 0 Å². The van der Waals surface area contributed by atoms with Crippen LogP contribution in [0, 0.1) is 6.92 Å². The zero-order valence-electron chi connectivity index (χ0n) is 16.7. The Kier molecular flexibility index (Phi) is 5.88. The smallest absolute Gasteiger partial charge is 0.119 e. The molecule has 3 heterocycles. The van der Waals surface area contributed by atoms with Crippen LogP contribution in [0.4, 0.5) is 0 Å². The van der Waals surface area contributed by atoms with E-state index in [-0.39, 0.29) is 0 Å². The van der Waals surface area contributed by atoms with Gasteiger partial charge in [-0.2, -0.15) is 5.10 Å². The molecule has 4 rings (SSSR count). The lowest BCUT2D eigenvalue weighted by Gasteiger charge is -2.26. The van der Waals surface area contributed by atoms with Crippen molar-refractivity contribution in [1.82, 2.24) is 19.7 Å². The number of benzene rings is 1. The van der Waals surface area contributed by atoms with Crippen molar-refractivity contribution in [2.24, 2.45) is 7.05 Å². The molecule has 1 aromatic carbocycles. The highest BCUT2D eigenvalue weighted by Crippen LogP contribution is 2.25. The molecular weight excluding hydrogens is 352 g/mol. The van der Waals surface area contributed by atoms with Crippen molar-refractivity contribution in [3.8, 4) is 17.0 Å². The number of ether oxygens (including phenoxy) is 2. The first-order valence-electron chi connectivity index (χ1n) is 10.0. The van der Waals surface area contributed by atoms with Crippen molar-refractivity contribution >= 4 is 11.0 Å². The van der Waals surface area contributed by atoms with E-state index in [1.54, 1.807) is 0 Å². The zero-order chi connectivity index (χ0) is 19.3. The van der Waals surface area contributed by atoms with E-state index in [1.165, 1.54) is 5.56 Å². The number of unbranched alkanes of at least 4 members (excludes halogenated alkanes) is 1. The van der Waals surface area contributed by atoms with Crippen LogP contribution >= 0.6 is 0 Å². The second-order valence-corrected chi connectivity index (χ2v) is 7.36. The molecule has 0 unspecified atom stereocenters. The van der Waals surface area contributed by atoms with Crippen LogP contribution < -0.4 is 4.74 Å². The molecule has 0 aliphatic carbocycles. The van der Waals surface area contributed by atoms with E-state index in [0.717, 1.165) is 80.3 Å². The summed E-state index contributed by atoms with van der Waals surface area (Å²) in [6, 6.07) is 10.3. The highest BCUT2D eigenvalue weighted by Gasteiger charge is 2.10. The Balaban J connectivity index is 1.30. The molecule has 2 aromatic heterocycles. The molecule has 1 saturated heterocycles. The second kappa shape index (κ2) is 8.71. The van der Waals surface area contributed by atoms with Gasteiger partial charge in [-0.05, 0) is 62.2 Å². The maximum absolute atomic E-state index is 5.91. The molecule has 1 aliphatic rings. The van der Waals surface area contributed by atoms with Crippen LogP contribution in [0.2, 0.25) is 0 Å². The quantitative estimate of drug-likeness (QED) is 0.588. The summed E-state index contributed by atoms with van der Waals surface area (Å²) in [7, 11) is 1.95. The Hall–Kier alpha value is -2.44. The summed E-state index contributed by atoms with van der Waals surface area (Å²) in [5.41, 5.74) is 5.25. The molecule has 0 radical (unpaired) electrons. The molecule has 6 heteroatoms. The standard InChI is InChI=1S/C22H28N4O2/c1-17-15-20(24-21-16-23-25(2)22(17)21)18-5-7-19(8-6-18)28-12-4-3-9-26-10-13-27-14-11-26/h5-8,15-16H,3-4,9-14H2,1-2H3. The van der Waals surface area contributed by atoms with Gasteiger partial charge in [0.1, 0.15) is 11.3 Å². The van der Waals surface area contributed by atoms with Gasteiger partial charge in [-0.25, -0.2) is 4.98 Å². The number of aryl methyl sites for hydroxylation is 2. The number of fused-ring (bicyclic) bond motifs is 1. The fourth-order valence-electron chi connectivity index (χ4n) is 3.72. The minimum absolute atomic E-state index is 0.753. The lowest BCUT2D eigenvalue weighted by atomic mass is 10.1. The Morgan fingerprint density at radius 2 is 1.89 bits per heavy atom. The molecule has 0 spiro atoms. The van der Waals surface area contributed by atoms with E-state index >= 15 is 0 Å². The van der Waals surface area contributed by atoms with E-state index in [0.29, 0.717) is 0 Å². The predicted octanol–water partition coefficient (Wildman–Crippen LogP) is 3.43. The average Bonchev–Trinajstić information content (AvgIpc) is 3.10. The minimum Gasteiger partial charge on any atom is -0.494 e. The molecule has 0 atom stereocenters. The number of aromatic nitrogens is 3. The van der Waals surface area contributed by atoms with Crippen LogP contribution in [0.5, 0.6) is 5.75 Å². The molecule has 148 valence electrons. The first-order chi connectivity index (χ1) is 13.7. The summed E-state index contributed by atoms with van der Waals surface area (Å²) < 4.78 is 13.2. The van der Waals surface area contributed by atoms with Gasteiger partial charge < -0.3 is 9.47 Å². The Morgan fingerprint density at radius 3 is 2.68 bits per heavy atom. The van der Waals surface area contributed by atoms with Gasteiger partial charge in [0.15, 0.2) is 0 Å². The normalized spacial score (nSPS) is 15.2. The summed E-state index contributed by atoms with van der Waals surface area (Å²) in [4.78, 5) is 7.21. The van der Waals surface area contributed by atoms with Crippen LogP contribution in [0.15, 0.2) is 36.5 Å². The average molecular weight is 380 g/mol. The Morgan fingerprint density at radius 1 is 1.11 bits per heavy atom. The fraction of sp³-hybridized carbons (Fsp3) is 0.455. The van der Waals surface area contributed by atoms with Crippen molar-refractivity contribution < 1.29 is 9.47 Å². The number of hydrogen-bond donors (Lipinski definition) is 0.